The fourth-order valence-corrected chi connectivity index (χ4v) is 3.56. The van der Waals surface area contributed by atoms with Gasteiger partial charge < -0.3 is 20.3 Å². The van der Waals surface area contributed by atoms with Gasteiger partial charge in [0, 0.05) is 11.3 Å². The van der Waals surface area contributed by atoms with E-state index in [0.29, 0.717) is 28.2 Å². The quantitative estimate of drug-likeness (QED) is 0.301. The summed E-state index contributed by atoms with van der Waals surface area (Å²) in [4.78, 5) is 27.3. The molecule has 0 amide bonds. The van der Waals surface area contributed by atoms with E-state index in [1.807, 2.05) is 0 Å². The van der Waals surface area contributed by atoms with Crippen LogP contribution in [-0.2, 0) is 18.0 Å². The normalized spacial score (nSPS) is 10.9. The van der Waals surface area contributed by atoms with Gasteiger partial charge in [-0.2, -0.15) is 4.98 Å². The summed E-state index contributed by atoms with van der Waals surface area (Å²) in [7, 11) is 0. The molecule has 9 nitrogen and oxygen atoms in total. The molecule has 0 atom stereocenters. The van der Waals surface area contributed by atoms with Crippen molar-refractivity contribution in [2.45, 2.75) is 26.6 Å². The molecule has 3 heterocycles. The van der Waals surface area contributed by atoms with E-state index in [0.717, 1.165) is 0 Å². The third-order valence-electron chi connectivity index (χ3n) is 5.06. The number of benzene rings is 1. The van der Waals surface area contributed by atoms with Gasteiger partial charge in [-0.3, -0.25) is 9.97 Å². The highest BCUT2D eigenvalue weighted by atomic mass is 19.3. The molecule has 3 N–H and O–H groups in total. The Kier molecular flexibility index (Phi) is 7.47. The lowest BCUT2D eigenvalue weighted by Crippen LogP contribution is -2.08. The van der Waals surface area contributed by atoms with Crippen LogP contribution in [0.3, 0.4) is 0 Å². The molecule has 0 saturated heterocycles. The number of pyridine rings is 2. The summed E-state index contributed by atoms with van der Waals surface area (Å²) < 4.78 is 51.2. The fraction of sp³-hybridized carbons (Fsp3) is 0.160. The van der Waals surface area contributed by atoms with Crippen LogP contribution in [0.1, 0.15) is 29.2 Å². The molecule has 4 rings (SSSR count). The van der Waals surface area contributed by atoms with Gasteiger partial charge in [0.15, 0.2) is 0 Å². The standard InChI is InChI=1S/C25H20F3N5O4/c1-13-9-15(10-19(30-13)22(27)28)20-21(14-5-7-16(26)8-6-14)32-24(29)33-23(20)36-11-17-3-2-4-18(31-17)12-37-25(34)35/h2-10,22H,11-12H2,1H3,(H,34,35)(H2,29,32,33). The van der Waals surface area contributed by atoms with Crippen LogP contribution in [0.4, 0.5) is 23.9 Å². The smallest absolute Gasteiger partial charge is 0.471 e. The summed E-state index contributed by atoms with van der Waals surface area (Å²) in [6.07, 6.45) is -4.26. The minimum Gasteiger partial charge on any atom is -0.471 e. The van der Waals surface area contributed by atoms with Crippen LogP contribution in [0.25, 0.3) is 22.4 Å². The number of hydrogen-bond donors (Lipinski definition) is 2. The van der Waals surface area contributed by atoms with E-state index in [9.17, 15) is 18.0 Å². The van der Waals surface area contributed by atoms with Crippen LogP contribution in [0.2, 0.25) is 0 Å². The molecular formula is C25H20F3N5O4. The molecule has 12 heteroatoms. The maximum Gasteiger partial charge on any atom is 0.506 e. The maximum atomic E-state index is 13.6. The minimum absolute atomic E-state index is 0.0216. The van der Waals surface area contributed by atoms with Gasteiger partial charge in [-0.15, -0.1) is 0 Å². The molecule has 0 spiro atoms. The Labute approximate surface area is 208 Å². The molecule has 37 heavy (non-hydrogen) atoms. The van der Waals surface area contributed by atoms with Crippen LogP contribution < -0.4 is 10.5 Å². The Morgan fingerprint density at radius 1 is 0.973 bits per heavy atom. The average Bonchev–Trinajstić information content (AvgIpc) is 2.86. The Hall–Kier alpha value is -4.74. The average molecular weight is 511 g/mol. The maximum absolute atomic E-state index is 13.6. The number of anilines is 1. The van der Waals surface area contributed by atoms with Crippen LogP contribution in [0, 0.1) is 12.7 Å². The number of hydrogen-bond acceptors (Lipinski definition) is 8. The van der Waals surface area contributed by atoms with Gasteiger partial charge in [-0.1, -0.05) is 6.07 Å². The summed E-state index contributed by atoms with van der Waals surface area (Å²) in [6.45, 7) is 1.19. The van der Waals surface area contributed by atoms with E-state index in [4.69, 9.17) is 15.6 Å². The largest absolute Gasteiger partial charge is 0.506 e. The summed E-state index contributed by atoms with van der Waals surface area (Å²) in [5.41, 5.74) is 7.83. The van der Waals surface area contributed by atoms with Crippen LogP contribution in [0.15, 0.2) is 54.6 Å². The molecule has 0 bridgehead atoms. The lowest BCUT2D eigenvalue weighted by atomic mass is 9.99. The molecule has 4 aromatic rings. The van der Waals surface area contributed by atoms with Crippen LogP contribution in [-0.4, -0.2) is 31.2 Å². The number of rotatable bonds is 8. The molecule has 3 aromatic heterocycles. The van der Waals surface area contributed by atoms with Gasteiger partial charge in [0.1, 0.15) is 24.7 Å². The molecule has 0 fully saturated rings. The van der Waals surface area contributed by atoms with Gasteiger partial charge in [-0.25, -0.2) is 22.9 Å². The predicted octanol–water partition coefficient (Wildman–Crippen LogP) is 5.34. The predicted molar refractivity (Wildman–Crippen MR) is 126 cm³/mol. The van der Waals surface area contributed by atoms with Crippen molar-refractivity contribution in [2.24, 2.45) is 0 Å². The number of ether oxygens (including phenoxy) is 2. The van der Waals surface area contributed by atoms with Gasteiger partial charge in [-0.05, 0) is 61.0 Å². The highest BCUT2D eigenvalue weighted by Crippen LogP contribution is 2.39. The number of aryl methyl sites for hydroxylation is 1. The van der Waals surface area contributed by atoms with Crippen molar-refractivity contribution in [1.82, 2.24) is 19.9 Å². The van der Waals surface area contributed by atoms with E-state index in [1.54, 1.807) is 31.2 Å². The van der Waals surface area contributed by atoms with Crippen molar-refractivity contribution >= 4 is 12.1 Å². The van der Waals surface area contributed by atoms with E-state index in [2.05, 4.69) is 24.7 Å². The number of alkyl halides is 2. The summed E-state index contributed by atoms with van der Waals surface area (Å²) >= 11 is 0. The number of nitrogens with two attached hydrogens (primary N) is 1. The third kappa shape index (κ3) is 6.28. The first-order valence-electron chi connectivity index (χ1n) is 10.8. The number of halogens is 3. The van der Waals surface area contributed by atoms with Crippen LogP contribution >= 0.6 is 0 Å². The van der Waals surface area contributed by atoms with E-state index in [-0.39, 0.29) is 36.3 Å². The zero-order chi connectivity index (χ0) is 26.5. The zero-order valence-corrected chi connectivity index (χ0v) is 19.4. The number of carbonyl (C=O) groups is 1. The van der Waals surface area contributed by atoms with Crippen molar-refractivity contribution in [2.75, 3.05) is 5.73 Å². The Morgan fingerprint density at radius 3 is 2.35 bits per heavy atom. The van der Waals surface area contributed by atoms with E-state index < -0.39 is 24.1 Å². The fourth-order valence-electron chi connectivity index (χ4n) is 3.56. The molecule has 0 aliphatic heterocycles. The van der Waals surface area contributed by atoms with Crippen molar-refractivity contribution < 1.29 is 32.5 Å². The third-order valence-corrected chi connectivity index (χ3v) is 5.06. The Bertz CT molecular complexity index is 1430. The SMILES string of the molecule is Cc1cc(-c2c(OCc3cccc(COC(=O)O)n3)nc(N)nc2-c2ccc(F)cc2)cc(C(F)F)n1. The molecule has 0 aliphatic rings. The Balaban J connectivity index is 1.79. The molecule has 190 valence electrons. The van der Waals surface area contributed by atoms with Crippen LogP contribution in [0.5, 0.6) is 5.88 Å². The van der Waals surface area contributed by atoms with Gasteiger partial charge in [0.05, 0.1) is 22.6 Å². The lowest BCUT2D eigenvalue weighted by molar-refractivity contribution is 0.0841. The van der Waals surface area contributed by atoms with Crippen molar-refractivity contribution in [1.29, 1.82) is 0 Å². The second kappa shape index (κ2) is 10.9. The first-order chi connectivity index (χ1) is 17.7. The van der Waals surface area contributed by atoms with Gasteiger partial charge in [0.25, 0.3) is 6.43 Å². The number of carboxylic acid groups (broad SMARTS) is 1. The summed E-state index contributed by atoms with van der Waals surface area (Å²) in [5, 5.41) is 8.70. The number of aromatic nitrogens is 4. The van der Waals surface area contributed by atoms with E-state index in [1.165, 1.54) is 30.3 Å². The number of nitrogens with zero attached hydrogens (tertiary/aromatic N) is 4. The number of nitrogen functional groups attached to an aromatic ring is 1. The first kappa shape index (κ1) is 25.4. The lowest BCUT2D eigenvalue weighted by Gasteiger charge is -2.16. The first-order valence-corrected chi connectivity index (χ1v) is 10.8. The van der Waals surface area contributed by atoms with Crippen molar-refractivity contribution in [3.05, 3.63) is 83.2 Å². The summed E-state index contributed by atoms with van der Waals surface area (Å²) in [5.74, 6) is -0.650. The zero-order valence-electron chi connectivity index (χ0n) is 19.4. The minimum atomic E-state index is -2.83. The van der Waals surface area contributed by atoms with Gasteiger partial charge in [0.2, 0.25) is 11.8 Å². The Morgan fingerprint density at radius 2 is 1.68 bits per heavy atom. The summed E-state index contributed by atoms with van der Waals surface area (Å²) in [6, 6.07) is 13.0. The highest BCUT2D eigenvalue weighted by molar-refractivity contribution is 5.85. The second-order valence-corrected chi connectivity index (χ2v) is 7.80. The molecule has 0 aliphatic carbocycles. The molecule has 0 unspecified atom stereocenters. The molecule has 0 radical (unpaired) electrons. The van der Waals surface area contributed by atoms with Crippen molar-refractivity contribution in [3.8, 4) is 28.3 Å². The molecular weight excluding hydrogens is 491 g/mol. The monoisotopic (exact) mass is 511 g/mol. The van der Waals surface area contributed by atoms with E-state index >= 15 is 0 Å². The van der Waals surface area contributed by atoms with Crippen molar-refractivity contribution in [3.63, 3.8) is 0 Å². The molecule has 1 aromatic carbocycles. The van der Waals surface area contributed by atoms with Gasteiger partial charge >= 0.3 is 6.16 Å². The topological polar surface area (TPSA) is 133 Å². The highest BCUT2D eigenvalue weighted by Gasteiger charge is 2.22. The molecule has 0 saturated carbocycles. The second-order valence-electron chi connectivity index (χ2n) is 7.80.